The van der Waals surface area contributed by atoms with Crippen molar-refractivity contribution in [2.75, 3.05) is 0 Å². The lowest BCUT2D eigenvalue weighted by Crippen LogP contribution is -2.25. The molecule has 2 aromatic carbocycles. The van der Waals surface area contributed by atoms with Crippen LogP contribution in [0.25, 0.3) is 33.5 Å². The Hall–Kier alpha value is -3.88. The zero-order valence-corrected chi connectivity index (χ0v) is 18.6. The molecule has 5 rings (SSSR count). The van der Waals surface area contributed by atoms with E-state index in [2.05, 4.69) is 15.0 Å². The first-order valence-corrected chi connectivity index (χ1v) is 11.4. The standard InChI is InChI=1S/C26H22F3N3O3/c27-19-10-15(3-7-18(19)26-31-22-11-20(28)21(29)12-23(22)32-26)16-4-8-24(30-13-16)35-17-5-1-14(2-6-17)9-25(33)34/h3-4,7-8,10-14,17H,1-2,5-6,9H2,(H,31,32)(H,33,34). The highest BCUT2D eigenvalue weighted by Gasteiger charge is 2.24. The number of fused-ring (bicyclic) bond motifs is 1. The Morgan fingerprint density at radius 1 is 0.971 bits per heavy atom. The number of aliphatic carboxylic acids is 1. The number of hydrogen-bond donors (Lipinski definition) is 2. The second kappa shape index (κ2) is 9.40. The first-order chi connectivity index (χ1) is 16.9. The highest BCUT2D eigenvalue weighted by atomic mass is 19.2. The third kappa shape index (κ3) is 4.99. The number of imidazole rings is 1. The maximum Gasteiger partial charge on any atom is 0.303 e. The summed E-state index contributed by atoms with van der Waals surface area (Å²) >= 11 is 0. The molecule has 0 spiro atoms. The molecule has 1 aliphatic rings. The second-order valence-electron chi connectivity index (χ2n) is 8.81. The van der Waals surface area contributed by atoms with E-state index in [1.807, 2.05) is 0 Å². The SMILES string of the molecule is O=C(O)CC1CCC(Oc2ccc(-c3ccc(-c4nc5cc(F)c(F)cc5[nH]4)c(F)c3)cn2)CC1. The molecule has 9 heteroatoms. The zero-order chi connectivity index (χ0) is 24.5. The van der Waals surface area contributed by atoms with E-state index in [1.165, 1.54) is 6.07 Å². The van der Waals surface area contributed by atoms with Crippen LogP contribution < -0.4 is 4.74 Å². The van der Waals surface area contributed by atoms with Crippen molar-refractivity contribution in [1.82, 2.24) is 15.0 Å². The molecule has 180 valence electrons. The molecule has 6 nitrogen and oxygen atoms in total. The fraction of sp³-hybridized carbons (Fsp3) is 0.269. The molecule has 1 fully saturated rings. The summed E-state index contributed by atoms with van der Waals surface area (Å²) in [5.74, 6) is -2.49. The summed E-state index contributed by atoms with van der Waals surface area (Å²) in [5, 5.41) is 8.93. The van der Waals surface area contributed by atoms with Crippen LogP contribution in [-0.2, 0) is 4.79 Å². The average molecular weight is 481 g/mol. The van der Waals surface area contributed by atoms with Gasteiger partial charge in [-0.15, -0.1) is 0 Å². The van der Waals surface area contributed by atoms with Crippen LogP contribution in [0.1, 0.15) is 32.1 Å². The molecule has 0 aliphatic heterocycles. The number of halogens is 3. The lowest BCUT2D eigenvalue weighted by molar-refractivity contribution is -0.138. The van der Waals surface area contributed by atoms with Crippen LogP contribution in [0.2, 0.25) is 0 Å². The quantitative estimate of drug-likeness (QED) is 0.346. The minimum Gasteiger partial charge on any atom is -0.481 e. The monoisotopic (exact) mass is 481 g/mol. The Labute approximate surface area is 198 Å². The summed E-state index contributed by atoms with van der Waals surface area (Å²) in [6, 6.07) is 10.1. The zero-order valence-electron chi connectivity index (χ0n) is 18.6. The molecule has 0 radical (unpaired) electrons. The molecule has 1 saturated carbocycles. The molecule has 2 aromatic heterocycles. The highest BCUT2D eigenvalue weighted by Crippen LogP contribution is 2.31. The summed E-state index contributed by atoms with van der Waals surface area (Å²) in [6.07, 6.45) is 5.01. The predicted molar refractivity (Wildman–Crippen MR) is 123 cm³/mol. The van der Waals surface area contributed by atoms with Gasteiger partial charge in [-0.05, 0) is 55.4 Å². The minimum atomic E-state index is -1.02. The van der Waals surface area contributed by atoms with E-state index in [9.17, 15) is 18.0 Å². The Morgan fingerprint density at radius 2 is 1.71 bits per heavy atom. The number of ether oxygens (including phenoxy) is 1. The number of H-pyrrole nitrogens is 1. The van der Waals surface area contributed by atoms with Crippen molar-refractivity contribution >= 4 is 17.0 Å². The number of aromatic nitrogens is 3. The topological polar surface area (TPSA) is 88.1 Å². The van der Waals surface area contributed by atoms with Crippen molar-refractivity contribution in [2.45, 2.75) is 38.2 Å². The molecule has 2 N–H and O–H groups in total. The predicted octanol–water partition coefficient (Wildman–Crippen LogP) is 6.12. The summed E-state index contributed by atoms with van der Waals surface area (Å²) in [6.45, 7) is 0. The summed E-state index contributed by atoms with van der Waals surface area (Å²) in [5.41, 5.74) is 1.96. The molecule has 35 heavy (non-hydrogen) atoms. The van der Waals surface area contributed by atoms with Gasteiger partial charge in [0.05, 0.1) is 16.6 Å². The summed E-state index contributed by atoms with van der Waals surface area (Å²) in [4.78, 5) is 22.2. The van der Waals surface area contributed by atoms with Crippen molar-refractivity contribution in [3.05, 3.63) is 66.1 Å². The van der Waals surface area contributed by atoms with Gasteiger partial charge in [0, 0.05) is 36.4 Å². The fourth-order valence-electron chi connectivity index (χ4n) is 4.51. The fourth-order valence-corrected chi connectivity index (χ4v) is 4.51. The Balaban J connectivity index is 1.27. The lowest BCUT2D eigenvalue weighted by atomic mass is 9.85. The number of carboxylic acids is 1. The Morgan fingerprint density at radius 3 is 2.40 bits per heavy atom. The first kappa shape index (κ1) is 22.9. The molecule has 0 bridgehead atoms. The van der Waals surface area contributed by atoms with Gasteiger partial charge in [-0.2, -0.15) is 0 Å². The number of nitrogens with one attached hydrogen (secondary N) is 1. The van der Waals surface area contributed by atoms with E-state index in [-0.39, 0.29) is 40.9 Å². The van der Waals surface area contributed by atoms with Gasteiger partial charge in [-0.1, -0.05) is 6.07 Å². The maximum absolute atomic E-state index is 14.9. The number of aromatic amines is 1. The van der Waals surface area contributed by atoms with E-state index in [1.54, 1.807) is 30.5 Å². The van der Waals surface area contributed by atoms with Gasteiger partial charge >= 0.3 is 5.97 Å². The molecule has 2 heterocycles. The highest BCUT2D eigenvalue weighted by molar-refractivity contribution is 5.80. The van der Waals surface area contributed by atoms with E-state index in [0.717, 1.165) is 37.8 Å². The van der Waals surface area contributed by atoms with Gasteiger partial charge in [-0.25, -0.2) is 23.1 Å². The van der Waals surface area contributed by atoms with Crippen LogP contribution in [0.3, 0.4) is 0 Å². The largest absolute Gasteiger partial charge is 0.481 e. The van der Waals surface area contributed by atoms with Crippen LogP contribution in [0.15, 0.2) is 48.7 Å². The normalized spacial score (nSPS) is 18.0. The molecule has 0 saturated heterocycles. The lowest BCUT2D eigenvalue weighted by Gasteiger charge is -2.27. The van der Waals surface area contributed by atoms with Gasteiger partial charge in [-0.3, -0.25) is 4.79 Å². The Kier molecular flexibility index (Phi) is 6.15. The van der Waals surface area contributed by atoms with Crippen LogP contribution >= 0.6 is 0 Å². The summed E-state index contributed by atoms with van der Waals surface area (Å²) < 4.78 is 47.8. The van der Waals surface area contributed by atoms with E-state index in [0.29, 0.717) is 17.0 Å². The van der Waals surface area contributed by atoms with Gasteiger partial charge in [0.2, 0.25) is 5.88 Å². The number of nitrogens with zero attached hydrogens (tertiary/aromatic N) is 2. The van der Waals surface area contributed by atoms with Crippen LogP contribution in [0, 0.1) is 23.4 Å². The summed E-state index contributed by atoms with van der Waals surface area (Å²) in [7, 11) is 0. The molecule has 0 atom stereocenters. The number of rotatable bonds is 6. The smallest absolute Gasteiger partial charge is 0.303 e. The van der Waals surface area contributed by atoms with E-state index >= 15 is 0 Å². The number of hydrogen-bond acceptors (Lipinski definition) is 4. The van der Waals surface area contributed by atoms with Crippen molar-refractivity contribution in [3.63, 3.8) is 0 Å². The van der Waals surface area contributed by atoms with Gasteiger partial charge in [0.15, 0.2) is 11.6 Å². The molecular weight excluding hydrogens is 459 g/mol. The maximum atomic E-state index is 14.9. The minimum absolute atomic E-state index is 0.000817. The number of pyridine rings is 1. The number of carboxylic acid groups (broad SMARTS) is 1. The molecular formula is C26H22F3N3O3. The second-order valence-corrected chi connectivity index (χ2v) is 8.81. The average Bonchev–Trinajstić information content (AvgIpc) is 3.23. The number of benzene rings is 2. The van der Waals surface area contributed by atoms with Crippen LogP contribution in [0.5, 0.6) is 5.88 Å². The first-order valence-electron chi connectivity index (χ1n) is 11.4. The van der Waals surface area contributed by atoms with Crippen LogP contribution in [-0.4, -0.2) is 32.1 Å². The number of carbonyl (C=O) groups is 1. The van der Waals surface area contributed by atoms with E-state index < -0.39 is 23.4 Å². The molecule has 0 unspecified atom stereocenters. The van der Waals surface area contributed by atoms with Crippen molar-refractivity contribution in [3.8, 4) is 28.4 Å². The molecule has 4 aromatic rings. The van der Waals surface area contributed by atoms with Crippen molar-refractivity contribution < 1.29 is 27.8 Å². The van der Waals surface area contributed by atoms with E-state index in [4.69, 9.17) is 9.84 Å². The van der Waals surface area contributed by atoms with Crippen molar-refractivity contribution in [1.29, 1.82) is 0 Å². The molecule has 0 amide bonds. The van der Waals surface area contributed by atoms with Gasteiger partial charge < -0.3 is 14.8 Å². The third-order valence-electron chi connectivity index (χ3n) is 6.36. The Bertz CT molecular complexity index is 1340. The van der Waals surface area contributed by atoms with Crippen LogP contribution in [0.4, 0.5) is 13.2 Å². The molecule has 1 aliphatic carbocycles. The van der Waals surface area contributed by atoms with Crippen molar-refractivity contribution in [2.24, 2.45) is 5.92 Å². The third-order valence-corrected chi connectivity index (χ3v) is 6.36. The van der Waals surface area contributed by atoms with Gasteiger partial charge in [0.1, 0.15) is 17.7 Å². The van der Waals surface area contributed by atoms with Gasteiger partial charge in [0.25, 0.3) is 0 Å².